The molecule has 0 unspecified atom stereocenters. The third kappa shape index (κ3) is 6.28. The Hall–Kier alpha value is -2.08. The molecule has 2 rings (SSSR count). The van der Waals surface area contributed by atoms with Gasteiger partial charge in [0, 0.05) is 39.0 Å². The molecule has 1 aliphatic heterocycles. The molecule has 0 aromatic heterocycles. The molecule has 6 heteroatoms. The van der Waals surface area contributed by atoms with Crippen molar-refractivity contribution in [1.29, 1.82) is 0 Å². The summed E-state index contributed by atoms with van der Waals surface area (Å²) in [6, 6.07) is 9.27. The van der Waals surface area contributed by atoms with Crippen LogP contribution in [0, 0.1) is 0 Å². The molecule has 1 aromatic carbocycles. The highest BCUT2D eigenvalue weighted by atomic mass is 16.3. The third-order valence-electron chi connectivity index (χ3n) is 3.90. The topological polar surface area (TPSA) is 81.7 Å². The number of likely N-dealkylation sites (tertiary alicyclic amines) is 1. The number of aliphatic hydroxyl groups is 1. The van der Waals surface area contributed by atoms with Gasteiger partial charge in [-0.25, -0.2) is 4.79 Å². The summed E-state index contributed by atoms with van der Waals surface area (Å²) in [6.07, 6.45) is 2.32. The van der Waals surface area contributed by atoms with E-state index in [1.54, 1.807) is 0 Å². The van der Waals surface area contributed by atoms with Crippen LogP contribution in [0.25, 0.3) is 0 Å². The van der Waals surface area contributed by atoms with E-state index in [1.165, 1.54) is 0 Å². The number of rotatable bonds is 7. The summed E-state index contributed by atoms with van der Waals surface area (Å²) in [5.41, 5.74) is 1.03. The number of carbonyl (C=O) groups excluding carboxylic acids is 2. The zero-order valence-corrected chi connectivity index (χ0v) is 13.3. The standard InChI is InChI=1S/C17H25N3O3/c21-15(12-14-6-2-1-3-7-14)13-19-17(23)18-9-8-16(22)20-10-4-5-11-20/h1-3,6-7,15,21H,4-5,8-13H2,(H2,18,19,23)/t15-/m0/s1. The minimum absolute atomic E-state index is 0.0897. The Bertz CT molecular complexity index is 501. The number of carbonyl (C=O) groups is 2. The molecule has 1 atom stereocenters. The van der Waals surface area contributed by atoms with Crippen LogP contribution in [-0.4, -0.2) is 54.2 Å². The zero-order valence-electron chi connectivity index (χ0n) is 13.3. The van der Waals surface area contributed by atoms with E-state index in [0.29, 0.717) is 19.4 Å². The molecule has 3 N–H and O–H groups in total. The highest BCUT2D eigenvalue weighted by molar-refractivity contribution is 5.78. The van der Waals surface area contributed by atoms with E-state index in [4.69, 9.17) is 0 Å². The molecule has 3 amide bonds. The van der Waals surface area contributed by atoms with Crippen molar-refractivity contribution < 1.29 is 14.7 Å². The average Bonchev–Trinajstić information content (AvgIpc) is 3.08. The number of hydrogen-bond acceptors (Lipinski definition) is 3. The van der Waals surface area contributed by atoms with Crippen molar-refractivity contribution in [3.63, 3.8) is 0 Å². The fourth-order valence-corrected chi connectivity index (χ4v) is 2.64. The van der Waals surface area contributed by atoms with Gasteiger partial charge in [-0.15, -0.1) is 0 Å². The van der Waals surface area contributed by atoms with Gasteiger partial charge in [-0.05, 0) is 18.4 Å². The summed E-state index contributed by atoms with van der Waals surface area (Å²) in [4.78, 5) is 25.3. The van der Waals surface area contributed by atoms with Crippen molar-refractivity contribution in [2.24, 2.45) is 0 Å². The number of benzene rings is 1. The highest BCUT2D eigenvalue weighted by Gasteiger charge is 2.17. The minimum atomic E-state index is -0.630. The van der Waals surface area contributed by atoms with Gasteiger partial charge < -0.3 is 20.6 Å². The average molecular weight is 319 g/mol. The van der Waals surface area contributed by atoms with E-state index in [0.717, 1.165) is 31.5 Å². The van der Waals surface area contributed by atoms with Crippen molar-refractivity contribution in [2.45, 2.75) is 31.8 Å². The lowest BCUT2D eigenvalue weighted by Gasteiger charge is -2.16. The summed E-state index contributed by atoms with van der Waals surface area (Å²) in [5.74, 6) is 0.0897. The Kier molecular flexibility index (Phi) is 6.87. The van der Waals surface area contributed by atoms with Crippen molar-refractivity contribution in [1.82, 2.24) is 15.5 Å². The van der Waals surface area contributed by atoms with Crippen LogP contribution in [0.15, 0.2) is 30.3 Å². The lowest BCUT2D eigenvalue weighted by molar-refractivity contribution is -0.129. The maximum absolute atomic E-state index is 11.8. The molecule has 1 aliphatic rings. The first-order valence-electron chi connectivity index (χ1n) is 8.16. The van der Waals surface area contributed by atoms with Gasteiger partial charge in [0.1, 0.15) is 0 Å². The normalized spacial score (nSPS) is 15.3. The number of nitrogens with zero attached hydrogens (tertiary/aromatic N) is 1. The van der Waals surface area contributed by atoms with Crippen LogP contribution in [0.1, 0.15) is 24.8 Å². The molecule has 23 heavy (non-hydrogen) atoms. The van der Waals surface area contributed by atoms with Crippen LogP contribution >= 0.6 is 0 Å². The van der Waals surface area contributed by atoms with Gasteiger partial charge in [0.15, 0.2) is 0 Å². The summed E-state index contributed by atoms with van der Waals surface area (Å²) in [7, 11) is 0. The molecule has 1 aromatic rings. The molecular weight excluding hydrogens is 294 g/mol. The van der Waals surface area contributed by atoms with E-state index in [9.17, 15) is 14.7 Å². The van der Waals surface area contributed by atoms with Crippen molar-refractivity contribution in [3.05, 3.63) is 35.9 Å². The molecule has 0 radical (unpaired) electrons. The number of nitrogens with one attached hydrogen (secondary N) is 2. The zero-order chi connectivity index (χ0) is 16.5. The quantitative estimate of drug-likeness (QED) is 0.698. The van der Waals surface area contributed by atoms with Crippen LogP contribution in [-0.2, 0) is 11.2 Å². The molecule has 0 saturated carbocycles. The highest BCUT2D eigenvalue weighted by Crippen LogP contribution is 2.08. The van der Waals surface area contributed by atoms with E-state index < -0.39 is 6.10 Å². The van der Waals surface area contributed by atoms with E-state index in [1.807, 2.05) is 35.2 Å². The Morgan fingerprint density at radius 2 is 1.83 bits per heavy atom. The van der Waals surface area contributed by atoms with Gasteiger partial charge in [0.2, 0.25) is 5.91 Å². The number of urea groups is 1. The van der Waals surface area contributed by atoms with Gasteiger partial charge >= 0.3 is 6.03 Å². The Balaban J connectivity index is 1.56. The molecule has 0 aliphatic carbocycles. The van der Waals surface area contributed by atoms with Crippen LogP contribution in [0.3, 0.4) is 0 Å². The third-order valence-corrected chi connectivity index (χ3v) is 3.90. The summed E-state index contributed by atoms with van der Waals surface area (Å²) >= 11 is 0. The smallest absolute Gasteiger partial charge is 0.314 e. The van der Waals surface area contributed by atoms with Gasteiger partial charge in [-0.1, -0.05) is 30.3 Å². The van der Waals surface area contributed by atoms with Crippen LogP contribution in [0.5, 0.6) is 0 Å². The second-order valence-corrected chi connectivity index (χ2v) is 5.82. The lowest BCUT2D eigenvalue weighted by Crippen LogP contribution is -2.41. The molecule has 0 bridgehead atoms. The van der Waals surface area contributed by atoms with E-state index in [2.05, 4.69) is 10.6 Å². The summed E-state index contributed by atoms with van der Waals surface area (Å²) in [6.45, 7) is 2.16. The van der Waals surface area contributed by atoms with Crippen molar-refractivity contribution in [3.8, 4) is 0 Å². The Morgan fingerprint density at radius 1 is 1.13 bits per heavy atom. The molecule has 6 nitrogen and oxygen atoms in total. The molecule has 1 saturated heterocycles. The van der Waals surface area contributed by atoms with E-state index >= 15 is 0 Å². The first-order chi connectivity index (χ1) is 11.1. The largest absolute Gasteiger partial charge is 0.391 e. The Labute approximate surface area is 136 Å². The molecular formula is C17H25N3O3. The number of aliphatic hydroxyl groups excluding tert-OH is 1. The fourth-order valence-electron chi connectivity index (χ4n) is 2.64. The van der Waals surface area contributed by atoms with E-state index in [-0.39, 0.29) is 18.5 Å². The maximum Gasteiger partial charge on any atom is 0.314 e. The predicted octanol–water partition coefficient (Wildman–Crippen LogP) is 0.902. The fraction of sp³-hybridized carbons (Fsp3) is 0.529. The molecule has 1 fully saturated rings. The maximum atomic E-state index is 11.8. The van der Waals surface area contributed by atoms with Crippen LogP contribution < -0.4 is 10.6 Å². The first kappa shape index (κ1) is 17.3. The molecule has 1 heterocycles. The SMILES string of the molecule is O=C(NCCC(=O)N1CCCC1)NC[C@@H](O)Cc1ccccc1. The predicted molar refractivity (Wildman–Crippen MR) is 88.0 cm³/mol. The Morgan fingerprint density at radius 3 is 2.52 bits per heavy atom. The first-order valence-corrected chi connectivity index (χ1v) is 8.16. The molecule has 0 spiro atoms. The lowest BCUT2D eigenvalue weighted by atomic mass is 10.1. The van der Waals surface area contributed by atoms with Gasteiger partial charge in [0.05, 0.1) is 6.10 Å². The summed E-state index contributed by atoms with van der Waals surface area (Å²) in [5, 5.41) is 15.2. The molecule has 126 valence electrons. The van der Waals surface area contributed by atoms with Crippen molar-refractivity contribution in [2.75, 3.05) is 26.2 Å². The number of hydrogen-bond donors (Lipinski definition) is 3. The second kappa shape index (κ2) is 9.15. The van der Waals surface area contributed by atoms with Crippen molar-refractivity contribution >= 4 is 11.9 Å². The van der Waals surface area contributed by atoms with Gasteiger partial charge in [-0.2, -0.15) is 0 Å². The van der Waals surface area contributed by atoms with Crippen LogP contribution in [0.4, 0.5) is 4.79 Å². The van der Waals surface area contributed by atoms with Crippen LogP contribution in [0.2, 0.25) is 0 Å². The van der Waals surface area contributed by atoms with Gasteiger partial charge in [0.25, 0.3) is 0 Å². The number of amides is 3. The monoisotopic (exact) mass is 319 g/mol. The minimum Gasteiger partial charge on any atom is -0.391 e. The second-order valence-electron chi connectivity index (χ2n) is 5.82. The summed E-state index contributed by atoms with van der Waals surface area (Å²) < 4.78 is 0. The van der Waals surface area contributed by atoms with Gasteiger partial charge in [-0.3, -0.25) is 4.79 Å².